The van der Waals surface area contributed by atoms with Gasteiger partial charge in [0.2, 0.25) is 0 Å². The van der Waals surface area contributed by atoms with Crippen LogP contribution in [0.15, 0.2) is 42.5 Å². The molecule has 3 rings (SSSR count). The lowest BCUT2D eigenvalue weighted by Gasteiger charge is -2.37. The fourth-order valence-electron chi connectivity index (χ4n) is 3.03. The molecule has 2 aromatic rings. The Kier molecular flexibility index (Phi) is 4.04. The van der Waals surface area contributed by atoms with E-state index in [9.17, 15) is 0 Å². The summed E-state index contributed by atoms with van der Waals surface area (Å²) in [5.41, 5.74) is 1.43. The summed E-state index contributed by atoms with van der Waals surface area (Å²) in [6.07, 6.45) is 0. The van der Waals surface area contributed by atoms with E-state index in [2.05, 4.69) is 66.1 Å². The molecule has 106 valence electrons. The highest BCUT2D eigenvalue weighted by Crippen LogP contribution is 2.17. The topological polar surface area (TPSA) is 6.48 Å². The van der Waals surface area contributed by atoms with Crippen molar-refractivity contribution >= 4 is 10.8 Å². The minimum atomic E-state index is 0.679. The number of hydrogen-bond acceptors (Lipinski definition) is 2. The second-order valence-electron chi connectivity index (χ2n) is 6.09. The first kappa shape index (κ1) is 13.6. The van der Waals surface area contributed by atoms with Crippen molar-refractivity contribution in [3.63, 3.8) is 0 Å². The van der Waals surface area contributed by atoms with E-state index in [-0.39, 0.29) is 0 Å². The predicted octanol–water partition coefficient (Wildman–Crippen LogP) is 3.37. The zero-order valence-electron chi connectivity index (χ0n) is 12.5. The molecule has 0 aromatic heterocycles. The summed E-state index contributed by atoms with van der Waals surface area (Å²) in [6.45, 7) is 10.4. The number of hydrogen-bond donors (Lipinski definition) is 0. The van der Waals surface area contributed by atoms with Gasteiger partial charge >= 0.3 is 0 Å². The molecule has 1 heterocycles. The van der Waals surface area contributed by atoms with Crippen molar-refractivity contribution in [1.29, 1.82) is 0 Å². The maximum atomic E-state index is 2.57. The van der Waals surface area contributed by atoms with Crippen LogP contribution in [0.2, 0.25) is 0 Å². The Bertz CT molecular complexity index is 568. The second-order valence-corrected chi connectivity index (χ2v) is 6.09. The molecule has 0 N–H and O–H groups in total. The lowest BCUT2D eigenvalue weighted by Crippen LogP contribution is -2.48. The molecule has 2 heteroatoms. The maximum absolute atomic E-state index is 2.57. The van der Waals surface area contributed by atoms with Gasteiger partial charge in [-0.2, -0.15) is 0 Å². The van der Waals surface area contributed by atoms with Crippen LogP contribution in [-0.2, 0) is 6.54 Å². The molecular formula is C18H24N2. The standard InChI is InChI=1S/C18H24N2/c1-15(2)20-11-9-19(10-12-20)14-16-7-8-17-5-3-4-6-18(17)13-16/h3-8,13,15H,9-12,14H2,1-2H3. The van der Waals surface area contributed by atoms with E-state index >= 15 is 0 Å². The Morgan fingerprint density at radius 2 is 1.60 bits per heavy atom. The van der Waals surface area contributed by atoms with Crippen LogP contribution >= 0.6 is 0 Å². The van der Waals surface area contributed by atoms with Crippen LogP contribution in [0.5, 0.6) is 0 Å². The third kappa shape index (κ3) is 3.02. The van der Waals surface area contributed by atoms with Crippen molar-refractivity contribution in [2.75, 3.05) is 26.2 Å². The fourth-order valence-corrected chi connectivity index (χ4v) is 3.03. The SMILES string of the molecule is CC(C)N1CCN(Cc2ccc3ccccc3c2)CC1. The van der Waals surface area contributed by atoms with E-state index in [4.69, 9.17) is 0 Å². The fraction of sp³-hybridized carbons (Fsp3) is 0.444. The zero-order valence-corrected chi connectivity index (χ0v) is 12.5. The Hall–Kier alpha value is -1.38. The summed E-state index contributed by atoms with van der Waals surface area (Å²) in [7, 11) is 0. The first-order valence-electron chi connectivity index (χ1n) is 7.66. The number of rotatable bonds is 3. The highest BCUT2D eigenvalue weighted by molar-refractivity contribution is 5.82. The van der Waals surface area contributed by atoms with E-state index < -0.39 is 0 Å². The summed E-state index contributed by atoms with van der Waals surface area (Å²) in [5, 5.41) is 2.69. The lowest BCUT2D eigenvalue weighted by atomic mass is 10.1. The minimum absolute atomic E-state index is 0.679. The molecule has 20 heavy (non-hydrogen) atoms. The minimum Gasteiger partial charge on any atom is -0.298 e. The molecule has 0 aliphatic carbocycles. The van der Waals surface area contributed by atoms with Crippen molar-refractivity contribution < 1.29 is 0 Å². The normalized spacial score (nSPS) is 17.9. The van der Waals surface area contributed by atoms with Gasteiger partial charge in [0.15, 0.2) is 0 Å². The van der Waals surface area contributed by atoms with Gasteiger partial charge in [-0.25, -0.2) is 0 Å². The molecule has 0 bridgehead atoms. The zero-order chi connectivity index (χ0) is 13.9. The molecule has 2 aromatic carbocycles. The molecule has 1 fully saturated rings. The van der Waals surface area contributed by atoms with Crippen molar-refractivity contribution in [1.82, 2.24) is 9.80 Å². The maximum Gasteiger partial charge on any atom is 0.0235 e. The smallest absolute Gasteiger partial charge is 0.0235 e. The molecule has 1 aliphatic rings. The van der Waals surface area contributed by atoms with Crippen LogP contribution in [0.4, 0.5) is 0 Å². The van der Waals surface area contributed by atoms with E-state index in [1.807, 2.05) is 0 Å². The number of fused-ring (bicyclic) bond motifs is 1. The molecule has 2 nitrogen and oxygen atoms in total. The van der Waals surface area contributed by atoms with Crippen LogP contribution in [0.1, 0.15) is 19.4 Å². The summed E-state index contributed by atoms with van der Waals surface area (Å²) >= 11 is 0. The molecular weight excluding hydrogens is 244 g/mol. The summed E-state index contributed by atoms with van der Waals surface area (Å²) in [4.78, 5) is 5.14. The van der Waals surface area contributed by atoms with Crippen LogP contribution < -0.4 is 0 Å². The van der Waals surface area contributed by atoms with E-state index in [0.717, 1.165) is 6.54 Å². The van der Waals surface area contributed by atoms with Gasteiger partial charge in [0.1, 0.15) is 0 Å². The lowest BCUT2D eigenvalue weighted by molar-refractivity contribution is 0.104. The van der Waals surface area contributed by atoms with Gasteiger partial charge < -0.3 is 0 Å². The first-order valence-corrected chi connectivity index (χ1v) is 7.66. The van der Waals surface area contributed by atoms with Gasteiger partial charge in [-0.1, -0.05) is 36.4 Å². The average Bonchev–Trinajstić information content (AvgIpc) is 2.48. The third-order valence-corrected chi connectivity index (χ3v) is 4.36. The summed E-state index contributed by atoms with van der Waals surface area (Å²) in [6, 6.07) is 16.1. The summed E-state index contributed by atoms with van der Waals surface area (Å²) in [5.74, 6) is 0. The van der Waals surface area contributed by atoms with E-state index in [1.165, 1.54) is 42.5 Å². The number of benzene rings is 2. The van der Waals surface area contributed by atoms with Crippen LogP contribution in [0.3, 0.4) is 0 Å². The van der Waals surface area contributed by atoms with Gasteiger partial charge in [0.05, 0.1) is 0 Å². The highest BCUT2D eigenvalue weighted by atomic mass is 15.3. The quantitative estimate of drug-likeness (QED) is 0.842. The van der Waals surface area contributed by atoms with Gasteiger partial charge in [-0.3, -0.25) is 9.80 Å². The Balaban J connectivity index is 1.65. The Morgan fingerprint density at radius 1 is 0.900 bits per heavy atom. The highest BCUT2D eigenvalue weighted by Gasteiger charge is 2.18. The van der Waals surface area contributed by atoms with Gasteiger partial charge in [-0.15, -0.1) is 0 Å². The Labute approximate surface area is 122 Å². The number of nitrogens with zero attached hydrogens (tertiary/aromatic N) is 2. The van der Waals surface area contributed by atoms with Crippen molar-refractivity contribution in [3.05, 3.63) is 48.0 Å². The average molecular weight is 268 g/mol. The van der Waals surface area contributed by atoms with Crippen molar-refractivity contribution in [2.45, 2.75) is 26.4 Å². The first-order chi connectivity index (χ1) is 9.72. The van der Waals surface area contributed by atoms with Crippen LogP contribution in [0, 0.1) is 0 Å². The van der Waals surface area contributed by atoms with Crippen molar-refractivity contribution in [3.8, 4) is 0 Å². The van der Waals surface area contributed by atoms with Gasteiger partial charge in [0, 0.05) is 38.8 Å². The van der Waals surface area contributed by atoms with Crippen LogP contribution in [-0.4, -0.2) is 42.0 Å². The van der Waals surface area contributed by atoms with Crippen molar-refractivity contribution in [2.24, 2.45) is 0 Å². The van der Waals surface area contributed by atoms with E-state index in [1.54, 1.807) is 0 Å². The second kappa shape index (κ2) is 5.94. The molecule has 1 saturated heterocycles. The molecule has 0 atom stereocenters. The Morgan fingerprint density at radius 3 is 2.30 bits per heavy atom. The monoisotopic (exact) mass is 268 g/mol. The number of piperazine rings is 1. The summed E-state index contributed by atoms with van der Waals surface area (Å²) < 4.78 is 0. The largest absolute Gasteiger partial charge is 0.298 e. The molecule has 0 spiro atoms. The predicted molar refractivity (Wildman–Crippen MR) is 85.9 cm³/mol. The molecule has 0 amide bonds. The third-order valence-electron chi connectivity index (χ3n) is 4.36. The molecule has 1 aliphatic heterocycles. The van der Waals surface area contributed by atoms with Gasteiger partial charge in [-0.05, 0) is 36.2 Å². The molecule has 0 radical (unpaired) electrons. The molecule has 0 saturated carbocycles. The molecule has 0 unspecified atom stereocenters. The van der Waals surface area contributed by atoms with Crippen LogP contribution in [0.25, 0.3) is 10.8 Å². The van der Waals surface area contributed by atoms with E-state index in [0.29, 0.717) is 6.04 Å². The van der Waals surface area contributed by atoms with Gasteiger partial charge in [0.25, 0.3) is 0 Å².